The van der Waals surface area contributed by atoms with E-state index in [4.69, 9.17) is 11.6 Å². The van der Waals surface area contributed by atoms with Crippen LogP contribution in [0.2, 0.25) is 0 Å². The number of amides is 3. The standard InChI is InChI=1S/C13H17ClN2O2/c1-3-11(10-7-5-4-6-8-10)15-13(18)16-12(17)9(2)14/h4-9,11H,3H2,1-2H3,(H2,15,16,17,18). The molecule has 0 saturated carbocycles. The van der Waals surface area contributed by atoms with Crippen molar-refractivity contribution < 1.29 is 9.59 Å². The molecule has 1 rings (SSSR count). The number of hydrogen-bond donors (Lipinski definition) is 2. The molecule has 0 aliphatic carbocycles. The average Bonchev–Trinajstić information content (AvgIpc) is 2.36. The number of halogens is 1. The Morgan fingerprint density at radius 3 is 2.39 bits per heavy atom. The Balaban J connectivity index is 2.59. The maximum absolute atomic E-state index is 11.6. The first-order chi connectivity index (χ1) is 8.54. The summed E-state index contributed by atoms with van der Waals surface area (Å²) in [5.74, 6) is -0.503. The van der Waals surface area contributed by atoms with Crippen LogP contribution in [0.15, 0.2) is 30.3 Å². The number of carbonyl (C=O) groups is 2. The second kappa shape index (κ2) is 7.01. The van der Waals surface area contributed by atoms with Crippen molar-refractivity contribution in [3.05, 3.63) is 35.9 Å². The van der Waals surface area contributed by atoms with E-state index in [0.717, 1.165) is 12.0 Å². The van der Waals surface area contributed by atoms with E-state index < -0.39 is 17.3 Å². The fourth-order valence-corrected chi connectivity index (χ4v) is 1.57. The first kappa shape index (κ1) is 14.5. The van der Waals surface area contributed by atoms with Crippen molar-refractivity contribution in [2.75, 3.05) is 0 Å². The fourth-order valence-electron chi connectivity index (χ4n) is 1.51. The summed E-state index contributed by atoms with van der Waals surface area (Å²) < 4.78 is 0. The van der Waals surface area contributed by atoms with Crippen LogP contribution >= 0.6 is 11.6 Å². The molecule has 18 heavy (non-hydrogen) atoms. The lowest BCUT2D eigenvalue weighted by molar-refractivity contribution is -0.119. The number of alkyl halides is 1. The molecule has 0 bridgehead atoms. The number of nitrogens with one attached hydrogen (secondary N) is 2. The van der Waals surface area contributed by atoms with E-state index in [-0.39, 0.29) is 6.04 Å². The van der Waals surface area contributed by atoms with Gasteiger partial charge < -0.3 is 5.32 Å². The molecule has 1 aromatic carbocycles. The van der Waals surface area contributed by atoms with Crippen LogP contribution in [0.4, 0.5) is 4.79 Å². The molecule has 0 aromatic heterocycles. The number of urea groups is 1. The van der Waals surface area contributed by atoms with Gasteiger partial charge in [0.1, 0.15) is 5.38 Å². The molecule has 0 aliphatic heterocycles. The second-order valence-electron chi connectivity index (χ2n) is 3.95. The van der Waals surface area contributed by atoms with Crippen molar-refractivity contribution in [3.63, 3.8) is 0 Å². The second-order valence-corrected chi connectivity index (χ2v) is 4.60. The minimum absolute atomic E-state index is 0.121. The highest BCUT2D eigenvalue weighted by molar-refractivity contribution is 6.31. The van der Waals surface area contributed by atoms with Gasteiger partial charge in [-0.05, 0) is 18.9 Å². The summed E-state index contributed by atoms with van der Waals surface area (Å²) in [6.07, 6.45) is 0.738. The van der Waals surface area contributed by atoms with Crippen molar-refractivity contribution in [1.82, 2.24) is 10.6 Å². The van der Waals surface area contributed by atoms with Gasteiger partial charge in [-0.1, -0.05) is 37.3 Å². The number of rotatable bonds is 4. The molecule has 5 heteroatoms. The summed E-state index contributed by atoms with van der Waals surface area (Å²) in [6, 6.07) is 8.94. The Labute approximate surface area is 112 Å². The summed E-state index contributed by atoms with van der Waals surface area (Å²) in [7, 11) is 0. The molecule has 2 N–H and O–H groups in total. The van der Waals surface area contributed by atoms with Crippen LogP contribution < -0.4 is 10.6 Å². The fraction of sp³-hybridized carbons (Fsp3) is 0.385. The van der Waals surface area contributed by atoms with E-state index in [0.29, 0.717) is 0 Å². The average molecular weight is 269 g/mol. The highest BCUT2D eigenvalue weighted by Crippen LogP contribution is 2.15. The van der Waals surface area contributed by atoms with Gasteiger partial charge in [-0.2, -0.15) is 0 Å². The van der Waals surface area contributed by atoms with Crippen molar-refractivity contribution in [1.29, 1.82) is 0 Å². The van der Waals surface area contributed by atoms with Crippen LogP contribution in [0.5, 0.6) is 0 Å². The molecule has 2 unspecified atom stereocenters. The molecule has 4 nitrogen and oxygen atoms in total. The van der Waals surface area contributed by atoms with Crippen LogP contribution in [-0.2, 0) is 4.79 Å². The number of carbonyl (C=O) groups excluding carboxylic acids is 2. The SMILES string of the molecule is CCC(NC(=O)NC(=O)C(C)Cl)c1ccccc1. The van der Waals surface area contributed by atoms with Crippen molar-refractivity contribution in [3.8, 4) is 0 Å². The quantitative estimate of drug-likeness (QED) is 0.825. The van der Waals surface area contributed by atoms with Gasteiger partial charge in [0.05, 0.1) is 6.04 Å². The normalized spacial score (nSPS) is 13.5. The zero-order chi connectivity index (χ0) is 13.5. The molecule has 0 radical (unpaired) electrons. The monoisotopic (exact) mass is 268 g/mol. The van der Waals surface area contributed by atoms with Crippen LogP contribution in [0, 0.1) is 0 Å². The van der Waals surface area contributed by atoms with Crippen molar-refractivity contribution in [2.24, 2.45) is 0 Å². The summed E-state index contributed by atoms with van der Waals surface area (Å²) in [5.41, 5.74) is 1.00. The first-order valence-electron chi connectivity index (χ1n) is 5.85. The maximum Gasteiger partial charge on any atom is 0.321 e. The minimum Gasteiger partial charge on any atom is -0.331 e. The van der Waals surface area contributed by atoms with Crippen LogP contribution in [0.3, 0.4) is 0 Å². The Morgan fingerprint density at radius 1 is 1.28 bits per heavy atom. The first-order valence-corrected chi connectivity index (χ1v) is 6.28. The minimum atomic E-state index is -0.729. The van der Waals surface area contributed by atoms with E-state index >= 15 is 0 Å². The molecule has 98 valence electrons. The number of benzene rings is 1. The van der Waals surface area contributed by atoms with Gasteiger partial charge in [0, 0.05) is 0 Å². The molecular formula is C13H17ClN2O2. The zero-order valence-corrected chi connectivity index (χ0v) is 11.2. The van der Waals surface area contributed by atoms with Crippen LogP contribution in [0.1, 0.15) is 31.9 Å². The Kier molecular flexibility index (Phi) is 5.65. The summed E-state index contributed by atoms with van der Waals surface area (Å²) in [4.78, 5) is 22.9. The summed E-state index contributed by atoms with van der Waals surface area (Å²) in [5, 5.41) is 4.20. The van der Waals surface area contributed by atoms with E-state index in [1.54, 1.807) is 0 Å². The highest BCUT2D eigenvalue weighted by atomic mass is 35.5. The molecule has 0 spiro atoms. The maximum atomic E-state index is 11.6. The summed E-state index contributed by atoms with van der Waals surface area (Å²) >= 11 is 5.57. The Bertz CT molecular complexity index is 407. The van der Waals surface area contributed by atoms with Gasteiger partial charge in [0.15, 0.2) is 0 Å². The lowest BCUT2D eigenvalue weighted by atomic mass is 10.1. The Morgan fingerprint density at radius 2 is 1.89 bits per heavy atom. The largest absolute Gasteiger partial charge is 0.331 e. The number of imide groups is 1. The molecule has 0 aliphatic rings. The van der Waals surface area contributed by atoms with Crippen molar-refractivity contribution in [2.45, 2.75) is 31.7 Å². The van der Waals surface area contributed by atoms with Gasteiger partial charge in [-0.15, -0.1) is 11.6 Å². The lowest BCUT2D eigenvalue weighted by Crippen LogP contribution is -2.43. The third-order valence-corrected chi connectivity index (χ3v) is 2.71. The predicted molar refractivity (Wildman–Crippen MR) is 71.5 cm³/mol. The van der Waals surface area contributed by atoms with Gasteiger partial charge in [0.2, 0.25) is 5.91 Å². The van der Waals surface area contributed by atoms with Gasteiger partial charge in [-0.3, -0.25) is 10.1 Å². The topological polar surface area (TPSA) is 58.2 Å². The van der Waals surface area contributed by atoms with E-state index in [2.05, 4.69) is 10.6 Å². The molecule has 2 atom stereocenters. The zero-order valence-electron chi connectivity index (χ0n) is 10.4. The van der Waals surface area contributed by atoms with E-state index in [1.165, 1.54) is 6.92 Å². The number of hydrogen-bond acceptors (Lipinski definition) is 2. The van der Waals surface area contributed by atoms with Gasteiger partial charge in [0.25, 0.3) is 0 Å². The van der Waals surface area contributed by atoms with Crippen LogP contribution in [-0.4, -0.2) is 17.3 Å². The summed E-state index contributed by atoms with van der Waals surface area (Å²) in [6.45, 7) is 3.47. The third kappa shape index (κ3) is 4.37. The van der Waals surface area contributed by atoms with Crippen molar-refractivity contribution >= 4 is 23.5 Å². The highest BCUT2D eigenvalue weighted by Gasteiger charge is 2.16. The third-order valence-electron chi connectivity index (χ3n) is 2.51. The molecule has 0 saturated heterocycles. The Hall–Kier alpha value is -1.55. The van der Waals surface area contributed by atoms with E-state index in [9.17, 15) is 9.59 Å². The van der Waals surface area contributed by atoms with E-state index in [1.807, 2.05) is 37.3 Å². The predicted octanol–water partition coefficient (Wildman–Crippen LogP) is 2.59. The molecule has 3 amide bonds. The smallest absolute Gasteiger partial charge is 0.321 e. The molecule has 1 aromatic rings. The molecule has 0 fully saturated rings. The van der Waals surface area contributed by atoms with Crippen LogP contribution in [0.25, 0.3) is 0 Å². The molecule has 0 heterocycles. The lowest BCUT2D eigenvalue weighted by Gasteiger charge is -2.17. The van der Waals surface area contributed by atoms with Gasteiger partial charge >= 0.3 is 6.03 Å². The van der Waals surface area contributed by atoms with Gasteiger partial charge in [-0.25, -0.2) is 4.79 Å². The molecular weight excluding hydrogens is 252 g/mol.